The summed E-state index contributed by atoms with van der Waals surface area (Å²) in [6.07, 6.45) is 0.838. The Balaban J connectivity index is 3.88. The van der Waals surface area contributed by atoms with Gasteiger partial charge in [0.15, 0.2) is 5.96 Å². The number of aliphatic carboxylic acids is 1. The lowest BCUT2D eigenvalue weighted by Gasteiger charge is -2.11. The number of amides is 3. The Morgan fingerprint density at radius 1 is 0.958 bits per heavy atom. The summed E-state index contributed by atoms with van der Waals surface area (Å²) in [7, 11) is 0. The molecule has 0 bridgehead atoms. The molecule has 0 aliphatic heterocycles. The molecule has 0 fully saturated rings. The Bertz CT molecular complexity index is 490. The Kier molecular flexibility index (Phi) is 10.2. The summed E-state index contributed by atoms with van der Waals surface area (Å²) in [5.41, 5.74) is 15.9. The molecule has 24 heavy (non-hydrogen) atoms. The van der Waals surface area contributed by atoms with Gasteiger partial charge in [0.1, 0.15) is 6.54 Å². The lowest BCUT2D eigenvalue weighted by atomic mass is 10.1. The normalized spacial score (nSPS) is 11.0. The van der Waals surface area contributed by atoms with E-state index in [4.69, 9.17) is 22.3 Å². The number of aliphatic imine (C=N–C) groups is 1. The first kappa shape index (κ1) is 21.1. The van der Waals surface area contributed by atoms with Crippen LogP contribution in [0.2, 0.25) is 0 Å². The molecule has 0 aromatic rings. The highest BCUT2D eigenvalue weighted by molar-refractivity contribution is 5.90. The molecule has 0 aromatic carbocycles. The van der Waals surface area contributed by atoms with Gasteiger partial charge in [-0.1, -0.05) is 0 Å². The van der Waals surface area contributed by atoms with Crippen LogP contribution in [0.15, 0.2) is 4.99 Å². The van der Waals surface area contributed by atoms with Gasteiger partial charge in [0, 0.05) is 6.54 Å². The summed E-state index contributed by atoms with van der Waals surface area (Å²) in [6, 6.07) is -0.814. The number of guanidine groups is 1. The van der Waals surface area contributed by atoms with Crippen LogP contribution in [0, 0.1) is 0 Å². The molecule has 0 aromatic heterocycles. The van der Waals surface area contributed by atoms with Crippen LogP contribution < -0.4 is 33.2 Å². The molecular formula is C12H23N7O5. The van der Waals surface area contributed by atoms with E-state index in [2.05, 4.69) is 20.9 Å². The zero-order valence-corrected chi connectivity index (χ0v) is 13.1. The molecule has 0 saturated heterocycles. The predicted octanol–water partition coefficient (Wildman–Crippen LogP) is -4.20. The molecule has 0 rings (SSSR count). The van der Waals surface area contributed by atoms with Gasteiger partial charge in [-0.05, 0) is 12.8 Å². The van der Waals surface area contributed by atoms with Gasteiger partial charge in [0.05, 0.1) is 19.1 Å². The number of carboxylic acid groups (broad SMARTS) is 1. The van der Waals surface area contributed by atoms with Crippen molar-refractivity contribution in [1.82, 2.24) is 16.0 Å². The maximum Gasteiger partial charge on any atom is 0.322 e. The minimum Gasteiger partial charge on any atom is -0.480 e. The third-order valence-corrected chi connectivity index (χ3v) is 2.61. The fraction of sp³-hybridized carbons (Fsp3) is 0.583. The van der Waals surface area contributed by atoms with Gasteiger partial charge in [0.2, 0.25) is 17.7 Å². The molecule has 12 heteroatoms. The van der Waals surface area contributed by atoms with Crippen molar-refractivity contribution >= 4 is 29.7 Å². The van der Waals surface area contributed by atoms with E-state index in [1.54, 1.807) is 0 Å². The topological polar surface area (TPSA) is 215 Å². The number of hydrogen-bond donors (Lipinski definition) is 7. The second kappa shape index (κ2) is 11.6. The molecule has 0 aliphatic carbocycles. The van der Waals surface area contributed by atoms with Gasteiger partial charge in [-0.25, -0.2) is 0 Å². The summed E-state index contributed by atoms with van der Waals surface area (Å²) >= 11 is 0. The fourth-order valence-electron chi connectivity index (χ4n) is 1.43. The first-order chi connectivity index (χ1) is 11.2. The van der Waals surface area contributed by atoms with E-state index in [0.717, 1.165) is 0 Å². The van der Waals surface area contributed by atoms with E-state index in [1.165, 1.54) is 0 Å². The molecule has 0 spiro atoms. The van der Waals surface area contributed by atoms with Crippen molar-refractivity contribution in [1.29, 1.82) is 0 Å². The molecule has 136 valence electrons. The van der Waals surface area contributed by atoms with E-state index in [-0.39, 0.29) is 12.5 Å². The summed E-state index contributed by atoms with van der Waals surface area (Å²) < 4.78 is 0. The highest BCUT2D eigenvalue weighted by Gasteiger charge is 2.14. The van der Waals surface area contributed by atoms with Crippen molar-refractivity contribution in [3.8, 4) is 0 Å². The van der Waals surface area contributed by atoms with Crippen LogP contribution in [0.3, 0.4) is 0 Å². The smallest absolute Gasteiger partial charge is 0.322 e. The second-order valence-corrected chi connectivity index (χ2v) is 4.72. The minimum atomic E-state index is -1.20. The van der Waals surface area contributed by atoms with Crippen molar-refractivity contribution in [2.75, 3.05) is 26.2 Å². The maximum atomic E-state index is 11.6. The molecule has 0 heterocycles. The van der Waals surface area contributed by atoms with Crippen molar-refractivity contribution < 1.29 is 24.3 Å². The lowest BCUT2D eigenvalue weighted by Crippen LogP contribution is -2.46. The quantitative estimate of drug-likeness (QED) is 0.110. The fourth-order valence-corrected chi connectivity index (χ4v) is 1.43. The van der Waals surface area contributed by atoms with Crippen LogP contribution in [0.1, 0.15) is 12.8 Å². The molecule has 12 nitrogen and oxygen atoms in total. The van der Waals surface area contributed by atoms with E-state index in [0.29, 0.717) is 19.4 Å². The van der Waals surface area contributed by atoms with Crippen LogP contribution in [0.5, 0.6) is 0 Å². The van der Waals surface area contributed by atoms with Gasteiger partial charge in [0.25, 0.3) is 0 Å². The van der Waals surface area contributed by atoms with Crippen LogP contribution in [-0.2, 0) is 19.2 Å². The number of carbonyl (C=O) groups is 4. The molecular weight excluding hydrogens is 322 g/mol. The highest BCUT2D eigenvalue weighted by atomic mass is 16.4. The van der Waals surface area contributed by atoms with Crippen LogP contribution in [-0.4, -0.2) is 67.0 Å². The monoisotopic (exact) mass is 345 g/mol. The average Bonchev–Trinajstić information content (AvgIpc) is 2.52. The predicted molar refractivity (Wildman–Crippen MR) is 84.6 cm³/mol. The Morgan fingerprint density at radius 3 is 2.04 bits per heavy atom. The van der Waals surface area contributed by atoms with Crippen LogP contribution >= 0.6 is 0 Å². The highest BCUT2D eigenvalue weighted by Crippen LogP contribution is 1.95. The molecule has 10 N–H and O–H groups in total. The van der Waals surface area contributed by atoms with Crippen molar-refractivity contribution in [2.45, 2.75) is 18.9 Å². The zero-order valence-electron chi connectivity index (χ0n) is 13.1. The van der Waals surface area contributed by atoms with Crippen molar-refractivity contribution in [3.05, 3.63) is 0 Å². The molecule has 0 aliphatic rings. The largest absolute Gasteiger partial charge is 0.480 e. The SMILES string of the molecule is NC(N)=NCCCC(N)C(=O)NCC(=O)NCC(=O)NCC(=O)O. The summed E-state index contributed by atoms with van der Waals surface area (Å²) in [6.45, 7) is -0.950. The maximum absolute atomic E-state index is 11.6. The Morgan fingerprint density at radius 2 is 1.50 bits per heavy atom. The number of hydrogen-bond acceptors (Lipinski definition) is 6. The van der Waals surface area contributed by atoms with Gasteiger partial charge >= 0.3 is 5.97 Å². The zero-order chi connectivity index (χ0) is 18.5. The van der Waals surface area contributed by atoms with Gasteiger partial charge in [-0.3, -0.25) is 24.2 Å². The summed E-state index contributed by atoms with van der Waals surface area (Å²) in [5.74, 6) is -3.03. The lowest BCUT2D eigenvalue weighted by molar-refractivity contribution is -0.137. The Labute approximate surface area is 138 Å². The van der Waals surface area contributed by atoms with Gasteiger partial charge in [-0.15, -0.1) is 0 Å². The summed E-state index contributed by atoms with van der Waals surface area (Å²) in [4.78, 5) is 48.2. The standard InChI is InChI=1S/C12H23N7O5/c13-7(2-1-3-16-12(14)15)11(24)19-5-9(21)17-4-8(20)18-6-10(22)23/h7H,1-6,13H2,(H,17,21)(H,18,20)(H,19,24)(H,22,23)(H4,14,15,16). The molecule has 1 unspecified atom stereocenters. The number of nitrogens with two attached hydrogens (primary N) is 3. The van der Waals surface area contributed by atoms with E-state index < -0.39 is 42.8 Å². The van der Waals surface area contributed by atoms with E-state index >= 15 is 0 Å². The van der Waals surface area contributed by atoms with E-state index in [1.807, 2.05) is 0 Å². The van der Waals surface area contributed by atoms with Crippen molar-refractivity contribution in [2.24, 2.45) is 22.2 Å². The average molecular weight is 345 g/mol. The summed E-state index contributed by atoms with van der Waals surface area (Å²) in [5, 5.41) is 15.0. The number of rotatable bonds is 11. The number of carboxylic acids is 1. The third-order valence-electron chi connectivity index (χ3n) is 2.61. The number of nitrogens with one attached hydrogen (secondary N) is 3. The van der Waals surface area contributed by atoms with Crippen LogP contribution in [0.25, 0.3) is 0 Å². The molecule has 0 saturated carbocycles. The molecule has 0 radical (unpaired) electrons. The number of nitrogens with zero attached hydrogens (tertiary/aromatic N) is 1. The number of carbonyl (C=O) groups excluding carboxylic acids is 3. The first-order valence-corrected chi connectivity index (χ1v) is 7.06. The first-order valence-electron chi connectivity index (χ1n) is 7.06. The minimum absolute atomic E-state index is 0.0444. The molecule has 3 amide bonds. The van der Waals surface area contributed by atoms with Gasteiger partial charge < -0.3 is 38.3 Å². The van der Waals surface area contributed by atoms with E-state index in [9.17, 15) is 19.2 Å². The molecule has 1 atom stereocenters. The second-order valence-electron chi connectivity index (χ2n) is 4.72. The Hall–Kier alpha value is -2.89. The van der Waals surface area contributed by atoms with Crippen LogP contribution in [0.4, 0.5) is 0 Å². The third kappa shape index (κ3) is 11.7. The van der Waals surface area contributed by atoms with Crippen molar-refractivity contribution in [3.63, 3.8) is 0 Å². The van der Waals surface area contributed by atoms with Gasteiger partial charge in [-0.2, -0.15) is 0 Å².